The van der Waals surface area contributed by atoms with Gasteiger partial charge in [0.1, 0.15) is 0 Å². The van der Waals surface area contributed by atoms with Gasteiger partial charge in [-0.15, -0.1) is 0 Å². The predicted octanol–water partition coefficient (Wildman–Crippen LogP) is 5.88. The number of anilines is 1. The molecule has 0 radical (unpaired) electrons. The SMILES string of the molecule is CCc1cc(N)c2cccc3c4cccc5cccc(c1c23)c54. The third kappa shape index (κ3) is 1.52. The summed E-state index contributed by atoms with van der Waals surface area (Å²) >= 11 is 0. The molecule has 1 heteroatoms. The maximum Gasteiger partial charge on any atom is 0.0397 e. The highest BCUT2D eigenvalue weighted by molar-refractivity contribution is 6.34. The van der Waals surface area contributed by atoms with E-state index in [9.17, 15) is 0 Å². The summed E-state index contributed by atoms with van der Waals surface area (Å²) < 4.78 is 0. The van der Waals surface area contributed by atoms with Crippen LogP contribution in [0.4, 0.5) is 5.69 Å². The van der Waals surface area contributed by atoms with Crippen LogP contribution in [0.25, 0.3) is 43.1 Å². The van der Waals surface area contributed by atoms with E-state index in [0.29, 0.717) is 0 Å². The minimum Gasteiger partial charge on any atom is -0.398 e. The van der Waals surface area contributed by atoms with Crippen LogP contribution in [0.15, 0.2) is 60.7 Å². The molecule has 0 heterocycles. The smallest absolute Gasteiger partial charge is 0.0397 e. The molecule has 5 aromatic rings. The Hall–Kier alpha value is -2.80. The van der Waals surface area contributed by atoms with E-state index in [1.807, 2.05) is 0 Å². The standard InChI is InChI=1S/C22H17N/c1-2-13-12-19(23)17-10-5-9-16-15-8-3-6-14-7-4-11-18(20(14)15)21(13)22(16)17/h3-12H,2,23H2,1H3. The molecular weight excluding hydrogens is 278 g/mol. The van der Waals surface area contributed by atoms with Gasteiger partial charge in [-0.05, 0) is 55.8 Å². The third-order valence-electron chi connectivity index (χ3n) is 5.12. The molecule has 0 bridgehead atoms. The molecule has 23 heavy (non-hydrogen) atoms. The van der Waals surface area contributed by atoms with E-state index in [2.05, 4.69) is 67.6 Å². The number of fused-ring (bicyclic) bond motifs is 2. The first-order valence-electron chi connectivity index (χ1n) is 8.16. The van der Waals surface area contributed by atoms with Gasteiger partial charge in [-0.25, -0.2) is 0 Å². The number of nitrogen functional groups attached to an aromatic ring is 1. The minimum atomic E-state index is 0.883. The van der Waals surface area contributed by atoms with Crippen molar-refractivity contribution in [1.29, 1.82) is 0 Å². The summed E-state index contributed by atoms with van der Waals surface area (Å²) in [4.78, 5) is 0. The minimum absolute atomic E-state index is 0.883. The Bertz CT molecular complexity index is 1200. The molecule has 110 valence electrons. The van der Waals surface area contributed by atoms with Gasteiger partial charge in [0.2, 0.25) is 0 Å². The molecule has 0 aliphatic heterocycles. The molecule has 5 aromatic carbocycles. The molecule has 0 aliphatic carbocycles. The van der Waals surface area contributed by atoms with Gasteiger partial charge in [0.15, 0.2) is 0 Å². The predicted molar refractivity (Wildman–Crippen MR) is 101 cm³/mol. The van der Waals surface area contributed by atoms with Crippen LogP contribution in [0.1, 0.15) is 12.5 Å². The highest BCUT2D eigenvalue weighted by Gasteiger charge is 2.15. The molecule has 0 saturated carbocycles. The van der Waals surface area contributed by atoms with Crippen LogP contribution >= 0.6 is 0 Å². The van der Waals surface area contributed by atoms with E-state index in [1.54, 1.807) is 0 Å². The highest BCUT2D eigenvalue weighted by atomic mass is 14.6. The first-order chi connectivity index (χ1) is 11.3. The van der Waals surface area contributed by atoms with Gasteiger partial charge in [-0.1, -0.05) is 61.5 Å². The molecule has 1 nitrogen and oxygen atoms in total. The lowest BCUT2D eigenvalue weighted by molar-refractivity contribution is 1.16. The van der Waals surface area contributed by atoms with Gasteiger partial charge < -0.3 is 5.73 Å². The maximum absolute atomic E-state index is 6.37. The summed E-state index contributed by atoms with van der Waals surface area (Å²) in [6.07, 6.45) is 0.988. The second-order valence-electron chi connectivity index (χ2n) is 6.29. The Kier molecular flexibility index (Phi) is 2.41. The second-order valence-corrected chi connectivity index (χ2v) is 6.29. The quantitative estimate of drug-likeness (QED) is 0.233. The van der Waals surface area contributed by atoms with Crippen LogP contribution in [0.5, 0.6) is 0 Å². The van der Waals surface area contributed by atoms with E-state index >= 15 is 0 Å². The Morgan fingerprint density at radius 3 is 2.04 bits per heavy atom. The summed E-state index contributed by atoms with van der Waals surface area (Å²) in [5, 5.41) is 10.5. The summed E-state index contributed by atoms with van der Waals surface area (Å²) in [5.41, 5.74) is 8.59. The number of rotatable bonds is 1. The lowest BCUT2D eigenvalue weighted by Gasteiger charge is -2.17. The Morgan fingerprint density at radius 1 is 0.696 bits per heavy atom. The molecule has 0 aliphatic rings. The summed E-state index contributed by atoms with van der Waals surface area (Å²) in [6.45, 7) is 2.21. The van der Waals surface area contributed by atoms with E-state index in [-0.39, 0.29) is 0 Å². The average Bonchev–Trinajstić information content (AvgIpc) is 2.60. The average molecular weight is 295 g/mol. The molecule has 0 atom stereocenters. The number of hydrogen-bond donors (Lipinski definition) is 1. The van der Waals surface area contributed by atoms with Crippen molar-refractivity contribution in [3.05, 3.63) is 66.2 Å². The molecule has 2 N–H and O–H groups in total. The van der Waals surface area contributed by atoms with Crippen molar-refractivity contribution in [3.8, 4) is 0 Å². The molecule has 0 saturated heterocycles. The number of nitrogens with two attached hydrogens (primary N) is 1. The van der Waals surface area contributed by atoms with Crippen molar-refractivity contribution in [2.24, 2.45) is 0 Å². The fraction of sp³-hybridized carbons (Fsp3) is 0.0909. The van der Waals surface area contributed by atoms with E-state index in [0.717, 1.165) is 12.1 Å². The largest absolute Gasteiger partial charge is 0.398 e. The van der Waals surface area contributed by atoms with Crippen LogP contribution in [-0.4, -0.2) is 0 Å². The van der Waals surface area contributed by atoms with E-state index in [1.165, 1.54) is 48.7 Å². The summed E-state index contributed by atoms with van der Waals surface area (Å²) in [7, 11) is 0. The Morgan fingerprint density at radius 2 is 1.30 bits per heavy atom. The van der Waals surface area contributed by atoms with Crippen LogP contribution in [0, 0.1) is 0 Å². The summed E-state index contributed by atoms with van der Waals surface area (Å²) in [5.74, 6) is 0. The zero-order chi connectivity index (χ0) is 15.6. The number of benzene rings is 5. The summed E-state index contributed by atoms with van der Waals surface area (Å²) in [6, 6.07) is 21.9. The van der Waals surface area contributed by atoms with Crippen molar-refractivity contribution in [1.82, 2.24) is 0 Å². The molecule has 5 rings (SSSR count). The molecule has 0 aromatic heterocycles. The third-order valence-corrected chi connectivity index (χ3v) is 5.12. The van der Waals surface area contributed by atoms with Crippen molar-refractivity contribution in [2.75, 3.05) is 5.73 Å². The fourth-order valence-corrected chi connectivity index (χ4v) is 4.15. The van der Waals surface area contributed by atoms with Gasteiger partial charge in [0.05, 0.1) is 0 Å². The molecule has 0 fully saturated rings. The lowest BCUT2D eigenvalue weighted by Crippen LogP contribution is -1.95. The van der Waals surface area contributed by atoms with Crippen LogP contribution in [0.2, 0.25) is 0 Å². The zero-order valence-corrected chi connectivity index (χ0v) is 13.1. The Labute approximate surface area is 134 Å². The normalized spacial score (nSPS) is 12.0. The van der Waals surface area contributed by atoms with Gasteiger partial charge in [-0.3, -0.25) is 0 Å². The van der Waals surface area contributed by atoms with E-state index < -0.39 is 0 Å². The number of aryl methyl sites for hydroxylation is 1. The first kappa shape index (κ1) is 12.7. The van der Waals surface area contributed by atoms with Gasteiger partial charge in [0, 0.05) is 11.1 Å². The molecular formula is C22H17N. The van der Waals surface area contributed by atoms with E-state index in [4.69, 9.17) is 5.73 Å². The van der Waals surface area contributed by atoms with Crippen molar-refractivity contribution in [2.45, 2.75) is 13.3 Å². The lowest BCUT2D eigenvalue weighted by atomic mass is 9.86. The van der Waals surface area contributed by atoms with Crippen LogP contribution in [-0.2, 0) is 6.42 Å². The van der Waals surface area contributed by atoms with Crippen molar-refractivity contribution in [3.63, 3.8) is 0 Å². The maximum atomic E-state index is 6.37. The monoisotopic (exact) mass is 295 g/mol. The van der Waals surface area contributed by atoms with Crippen LogP contribution < -0.4 is 5.73 Å². The molecule has 0 amide bonds. The van der Waals surface area contributed by atoms with Crippen LogP contribution in [0.3, 0.4) is 0 Å². The zero-order valence-electron chi connectivity index (χ0n) is 13.1. The Balaban J connectivity index is 2.28. The van der Waals surface area contributed by atoms with Gasteiger partial charge in [-0.2, -0.15) is 0 Å². The first-order valence-corrected chi connectivity index (χ1v) is 8.16. The van der Waals surface area contributed by atoms with Crippen molar-refractivity contribution >= 4 is 48.8 Å². The number of hydrogen-bond acceptors (Lipinski definition) is 1. The van der Waals surface area contributed by atoms with Gasteiger partial charge >= 0.3 is 0 Å². The van der Waals surface area contributed by atoms with Crippen molar-refractivity contribution < 1.29 is 0 Å². The van der Waals surface area contributed by atoms with Gasteiger partial charge in [0.25, 0.3) is 0 Å². The molecule has 0 unspecified atom stereocenters. The fourth-order valence-electron chi connectivity index (χ4n) is 4.15. The molecule has 0 spiro atoms. The topological polar surface area (TPSA) is 26.0 Å². The second kappa shape index (κ2) is 4.36. The highest BCUT2D eigenvalue weighted by Crippen LogP contribution is 2.43.